The lowest BCUT2D eigenvalue weighted by Gasteiger charge is -2.09. The predicted octanol–water partition coefficient (Wildman–Crippen LogP) is 2.34. The second-order valence-electron chi connectivity index (χ2n) is 4.70. The van der Waals surface area contributed by atoms with Gasteiger partial charge in [-0.05, 0) is 25.1 Å². The molecule has 2 heterocycles. The van der Waals surface area contributed by atoms with E-state index in [0.717, 1.165) is 41.2 Å². The van der Waals surface area contributed by atoms with Gasteiger partial charge in [-0.25, -0.2) is 0 Å². The Morgan fingerprint density at radius 3 is 3.12 bits per heavy atom. The van der Waals surface area contributed by atoms with Gasteiger partial charge in [0.15, 0.2) is 0 Å². The van der Waals surface area contributed by atoms with Gasteiger partial charge in [0.2, 0.25) is 5.88 Å². The fraction of sp³-hybridized carbons (Fsp3) is 0.385. The molecule has 1 aliphatic rings. The fourth-order valence-electron chi connectivity index (χ4n) is 2.40. The van der Waals surface area contributed by atoms with Gasteiger partial charge >= 0.3 is 0 Å². The summed E-state index contributed by atoms with van der Waals surface area (Å²) < 4.78 is 7.91. The first kappa shape index (κ1) is 10.3. The van der Waals surface area contributed by atoms with Gasteiger partial charge in [0, 0.05) is 30.6 Å². The molecule has 0 bridgehead atoms. The summed E-state index contributed by atoms with van der Waals surface area (Å²) in [5, 5.41) is 4.65. The largest absolute Gasteiger partial charge is 0.477 e. The van der Waals surface area contributed by atoms with E-state index >= 15 is 0 Å². The first-order valence-corrected chi connectivity index (χ1v) is 5.94. The number of benzene rings is 1. The van der Waals surface area contributed by atoms with Crippen LogP contribution in [0.4, 0.5) is 11.4 Å². The van der Waals surface area contributed by atoms with Crippen molar-refractivity contribution in [2.45, 2.75) is 19.4 Å². The van der Waals surface area contributed by atoms with Crippen LogP contribution < -0.4 is 15.8 Å². The van der Waals surface area contributed by atoms with Crippen molar-refractivity contribution in [2.24, 2.45) is 7.05 Å². The highest BCUT2D eigenvalue weighted by atomic mass is 16.5. The number of aryl methyl sites for hydroxylation is 1. The molecule has 2 aromatic rings. The fourth-order valence-corrected chi connectivity index (χ4v) is 2.40. The summed E-state index contributed by atoms with van der Waals surface area (Å²) in [6.07, 6.45) is 1.01. The summed E-state index contributed by atoms with van der Waals surface area (Å²) in [6.45, 7) is 2.92. The maximum atomic E-state index is 5.86. The third-order valence-corrected chi connectivity index (χ3v) is 3.35. The zero-order valence-corrected chi connectivity index (χ0v) is 10.2. The van der Waals surface area contributed by atoms with Crippen LogP contribution in [0, 0.1) is 0 Å². The Morgan fingerprint density at radius 1 is 1.47 bits per heavy atom. The molecular formula is C13H17N3O. The lowest BCUT2D eigenvalue weighted by atomic mass is 10.2. The molecule has 0 radical (unpaired) electrons. The van der Waals surface area contributed by atoms with Gasteiger partial charge in [0.1, 0.15) is 5.69 Å². The number of rotatable bonds is 0. The van der Waals surface area contributed by atoms with Gasteiger partial charge in [-0.2, -0.15) is 0 Å². The van der Waals surface area contributed by atoms with E-state index in [2.05, 4.69) is 16.8 Å². The number of fused-ring (bicyclic) bond motifs is 3. The van der Waals surface area contributed by atoms with Crippen LogP contribution in [0.2, 0.25) is 0 Å². The molecule has 0 saturated carbocycles. The van der Waals surface area contributed by atoms with E-state index in [1.807, 2.05) is 25.2 Å². The van der Waals surface area contributed by atoms with Gasteiger partial charge in [0.05, 0.1) is 12.1 Å². The zero-order chi connectivity index (χ0) is 12.0. The topological polar surface area (TPSA) is 52.2 Å². The Kier molecular flexibility index (Phi) is 2.18. The first-order chi connectivity index (χ1) is 8.16. The summed E-state index contributed by atoms with van der Waals surface area (Å²) in [6, 6.07) is 6.38. The molecule has 4 heteroatoms. The van der Waals surface area contributed by atoms with Crippen LogP contribution in [0.5, 0.6) is 5.88 Å². The van der Waals surface area contributed by atoms with Crippen molar-refractivity contribution >= 4 is 22.3 Å². The number of nitrogens with two attached hydrogens (primary N) is 1. The summed E-state index contributed by atoms with van der Waals surface area (Å²) in [7, 11) is 2.02. The Labute approximate surface area is 100 Å². The summed E-state index contributed by atoms with van der Waals surface area (Å²) in [4.78, 5) is 0. The maximum Gasteiger partial charge on any atom is 0.218 e. The SMILES string of the molecule is CC1CCOc2c(c3cc(N)ccc3n2C)N1. The normalized spacial score (nSPS) is 19.3. The molecule has 0 aliphatic carbocycles. The lowest BCUT2D eigenvalue weighted by molar-refractivity contribution is 0.294. The van der Waals surface area contributed by atoms with Crippen LogP contribution >= 0.6 is 0 Å². The van der Waals surface area contributed by atoms with Crippen LogP contribution in [-0.4, -0.2) is 17.2 Å². The monoisotopic (exact) mass is 231 g/mol. The Morgan fingerprint density at radius 2 is 2.29 bits per heavy atom. The molecule has 0 amide bonds. The van der Waals surface area contributed by atoms with E-state index in [-0.39, 0.29) is 0 Å². The molecule has 90 valence electrons. The smallest absolute Gasteiger partial charge is 0.218 e. The minimum atomic E-state index is 0.420. The standard InChI is InChI=1S/C13H17N3O/c1-8-5-6-17-13-12(15-8)10-7-9(14)3-4-11(10)16(13)2/h3-4,7-8,15H,5-6,14H2,1-2H3. The molecule has 4 nitrogen and oxygen atoms in total. The van der Waals surface area contributed by atoms with Crippen LogP contribution in [0.1, 0.15) is 13.3 Å². The number of hydrogen-bond acceptors (Lipinski definition) is 3. The summed E-state index contributed by atoms with van der Waals surface area (Å²) in [5.74, 6) is 0.912. The van der Waals surface area contributed by atoms with Gasteiger partial charge in [0.25, 0.3) is 0 Å². The van der Waals surface area contributed by atoms with Crippen molar-refractivity contribution in [1.82, 2.24) is 4.57 Å². The van der Waals surface area contributed by atoms with Crippen molar-refractivity contribution in [3.63, 3.8) is 0 Å². The van der Waals surface area contributed by atoms with E-state index in [1.54, 1.807) is 0 Å². The maximum absolute atomic E-state index is 5.86. The number of nitrogens with zero attached hydrogens (tertiary/aromatic N) is 1. The van der Waals surface area contributed by atoms with Crippen molar-refractivity contribution < 1.29 is 4.74 Å². The van der Waals surface area contributed by atoms with Crippen molar-refractivity contribution in [3.05, 3.63) is 18.2 Å². The zero-order valence-electron chi connectivity index (χ0n) is 10.2. The third-order valence-electron chi connectivity index (χ3n) is 3.35. The molecule has 0 spiro atoms. The number of anilines is 2. The molecule has 1 unspecified atom stereocenters. The molecule has 0 saturated heterocycles. The molecular weight excluding hydrogens is 214 g/mol. The second-order valence-corrected chi connectivity index (χ2v) is 4.70. The van der Waals surface area contributed by atoms with Crippen LogP contribution in [0.15, 0.2) is 18.2 Å². The number of ether oxygens (including phenoxy) is 1. The highest BCUT2D eigenvalue weighted by Crippen LogP contribution is 2.39. The highest BCUT2D eigenvalue weighted by Gasteiger charge is 2.21. The average molecular weight is 231 g/mol. The third kappa shape index (κ3) is 1.52. The molecule has 0 fully saturated rings. The molecule has 1 aliphatic heterocycles. The summed E-state index contributed by atoms with van der Waals surface area (Å²) in [5.41, 5.74) is 8.86. The van der Waals surface area contributed by atoms with E-state index < -0.39 is 0 Å². The number of aromatic nitrogens is 1. The van der Waals surface area contributed by atoms with Gasteiger partial charge in [-0.15, -0.1) is 0 Å². The van der Waals surface area contributed by atoms with Crippen molar-refractivity contribution in [1.29, 1.82) is 0 Å². The Hall–Kier alpha value is -1.84. The Balaban J connectivity index is 2.29. The van der Waals surface area contributed by atoms with Crippen LogP contribution in [0.3, 0.4) is 0 Å². The second kappa shape index (κ2) is 3.58. The molecule has 1 atom stereocenters. The van der Waals surface area contributed by atoms with E-state index in [1.165, 1.54) is 0 Å². The number of nitrogens with one attached hydrogen (secondary N) is 1. The van der Waals surface area contributed by atoms with Gasteiger partial charge in [-0.1, -0.05) is 0 Å². The molecule has 1 aromatic heterocycles. The van der Waals surface area contributed by atoms with Crippen molar-refractivity contribution in [2.75, 3.05) is 17.7 Å². The number of hydrogen-bond donors (Lipinski definition) is 2. The van der Waals surface area contributed by atoms with Crippen LogP contribution in [-0.2, 0) is 7.05 Å². The van der Waals surface area contributed by atoms with Crippen molar-refractivity contribution in [3.8, 4) is 5.88 Å². The molecule has 17 heavy (non-hydrogen) atoms. The quantitative estimate of drug-likeness (QED) is 0.684. The molecule has 1 aromatic carbocycles. The lowest BCUT2D eigenvalue weighted by Crippen LogP contribution is -2.14. The van der Waals surface area contributed by atoms with Crippen LogP contribution in [0.25, 0.3) is 10.9 Å². The number of nitrogen functional groups attached to an aromatic ring is 1. The average Bonchev–Trinajstić information content (AvgIpc) is 2.48. The van der Waals surface area contributed by atoms with E-state index in [9.17, 15) is 0 Å². The summed E-state index contributed by atoms with van der Waals surface area (Å²) >= 11 is 0. The molecule has 3 N–H and O–H groups in total. The molecule has 3 rings (SSSR count). The first-order valence-electron chi connectivity index (χ1n) is 5.94. The Bertz CT molecular complexity index is 574. The van der Waals surface area contributed by atoms with E-state index in [4.69, 9.17) is 10.5 Å². The highest BCUT2D eigenvalue weighted by molar-refractivity contribution is 5.98. The van der Waals surface area contributed by atoms with E-state index in [0.29, 0.717) is 6.04 Å². The minimum absolute atomic E-state index is 0.420. The van der Waals surface area contributed by atoms with Gasteiger partial charge in [-0.3, -0.25) is 0 Å². The van der Waals surface area contributed by atoms with Gasteiger partial charge < -0.3 is 20.4 Å². The predicted molar refractivity (Wildman–Crippen MR) is 70.5 cm³/mol. The minimum Gasteiger partial charge on any atom is -0.477 e.